The second-order valence-electron chi connectivity index (χ2n) is 7.97. The Labute approximate surface area is 197 Å². The van der Waals surface area contributed by atoms with Crippen LogP contribution in [-0.2, 0) is 14.3 Å². The number of fused-ring (bicyclic) bond motifs is 3. The molecule has 2 amide bonds. The number of hydrogen-bond donors (Lipinski definition) is 3. The van der Waals surface area contributed by atoms with Crippen LogP contribution in [0.3, 0.4) is 0 Å². The molecule has 0 aromatic heterocycles. The van der Waals surface area contributed by atoms with Crippen LogP contribution in [0.25, 0.3) is 17.2 Å². The van der Waals surface area contributed by atoms with Crippen molar-refractivity contribution < 1.29 is 24.2 Å². The zero-order valence-electron chi connectivity index (χ0n) is 18.5. The maximum absolute atomic E-state index is 12.5. The van der Waals surface area contributed by atoms with Crippen LogP contribution in [0.4, 0.5) is 10.5 Å². The van der Waals surface area contributed by atoms with Gasteiger partial charge in [0.25, 0.3) is 0 Å². The Bertz CT molecular complexity index is 1200. The second-order valence-corrected chi connectivity index (χ2v) is 7.97. The van der Waals surface area contributed by atoms with Gasteiger partial charge in [-0.1, -0.05) is 60.7 Å². The third-order valence-corrected chi connectivity index (χ3v) is 5.67. The third kappa shape index (κ3) is 5.15. The van der Waals surface area contributed by atoms with Crippen molar-refractivity contribution in [3.63, 3.8) is 0 Å². The highest BCUT2D eigenvalue weighted by Gasteiger charge is 2.29. The summed E-state index contributed by atoms with van der Waals surface area (Å²) in [5.74, 6) is -1.50. The van der Waals surface area contributed by atoms with E-state index >= 15 is 0 Å². The molecule has 1 atom stereocenters. The largest absolute Gasteiger partial charge is 0.478 e. The number of carboxylic acid groups (broad SMARTS) is 1. The average molecular weight is 456 g/mol. The molecule has 1 aliphatic rings. The molecule has 172 valence electrons. The van der Waals surface area contributed by atoms with E-state index in [9.17, 15) is 14.4 Å². The molecule has 0 unspecified atom stereocenters. The predicted molar refractivity (Wildman–Crippen MR) is 129 cm³/mol. The molecule has 4 rings (SSSR count). The van der Waals surface area contributed by atoms with Crippen molar-refractivity contribution in [1.29, 1.82) is 0 Å². The fourth-order valence-electron chi connectivity index (χ4n) is 3.98. The summed E-state index contributed by atoms with van der Waals surface area (Å²) in [5.41, 5.74) is 5.73. The molecule has 3 aromatic rings. The Kier molecular flexibility index (Phi) is 6.73. The maximum Gasteiger partial charge on any atom is 0.407 e. The summed E-state index contributed by atoms with van der Waals surface area (Å²) >= 11 is 0. The number of carboxylic acids is 1. The standard InChI is InChI=1S/C27H24N2O5/c1-17(26(32)29-19-13-10-18(11-14-19)12-15-25(30)31)28-27(33)34-16-24-22-8-4-2-6-20(22)21-7-3-5-9-23(21)24/h2-15,17,24H,16H2,1H3,(H,28,33)(H,29,32)(H,30,31)/b15-12+/t17-/m1/s1. The van der Waals surface area contributed by atoms with Gasteiger partial charge in [0, 0.05) is 17.7 Å². The molecule has 0 saturated heterocycles. The highest BCUT2D eigenvalue weighted by Crippen LogP contribution is 2.44. The van der Waals surface area contributed by atoms with Crippen LogP contribution in [0.1, 0.15) is 29.5 Å². The van der Waals surface area contributed by atoms with E-state index in [0.29, 0.717) is 11.3 Å². The summed E-state index contributed by atoms with van der Waals surface area (Å²) in [6.45, 7) is 1.74. The molecule has 3 aromatic carbocycles. The minimum absolute atomic E-state index is 0.0593. The van der Waals surface area contributed by atoms with Gasteiger partial charge in [-0.3, -0.25) is 4.79 Å². The van der Waals surface area contributed by atoms with Crippen molar-refractivity contribution in [2.45, 2.75) is 18.9 Å². The maximum atomic E-state index is 12.5. The average Bonchev–Trinajstić information content (AvgIpc) is 3.16. The summed E-state index contributed by atoms with van der Waals surface area (Å²) in [6.07, 6.45) is 1.82. The fourth-order valence-corrected chi connectivity index (χ4v) is 3.98. The Morgan fingerprint density at radius 3 is 2.12 bits per heavy atom. The lowest BCUT2D eigenvalue weighted by Gasteiger charge is -2.17. The van der Waals surface area contributed by atoms with Crippen molar-refractivity contribution >= 4 is 29.7 Å². The van der Waals surface area contributed by atoms with Crippen molar-refractivity contribution in [2.75, 3.05) is 11.9 Å². The zero-order valence-corrected chi connectivity index (χ0v) is 18.5. The molecule has 0 spiro atoms. The van der Waals surface area contributed by atoms with Crippen LogP contribution >= 0.6 is 0 Å². The monoisotopic (exact) mass is 456 g/mol. The molecule has 3 N–H and O–H groups in total. The zero-order chi connectivity index (χ0) is 24.1. The molecule has 7 heteroatoms. The molecule has 0 fully saturated rings. The number of hydrogen-bond acceptors (Lipinski definition) is 4. The molecular formula is C27H24N2O5. The van der Waals surface area contributed by atoms with Gasteiger partial charge in [0.2, 0.25) is 5.91 Å². The summed E-state index contributed by atoms with van der Waals surface area (Å²) in [5, 5.41) is 14.0. The van der Waals surface area contributed by atoms with Crippen LogP contribution in [0.2, 0.25) is 0 Å². The number of aliphatic carboxylic acids is 1. The van der Waals surface area contributed by atoms with Gasteiger partial charge in [0.15, 0.2) is 0 Å². The second kappa shape index (κ2) is 10.0. The minimum atomic E-state index is -1.04. The van der Waals surface area contributed by atoms with E-state index in [-0.39, 0.29) is 12.5 Å². The Morgan fingerprint density at radius 1 is 0.941 bits per heavy atom. The molecule has 0 bridgehead atoms. The Balaban J connectivity index is 1.31. The molecule has 34 heavy (non-hydrogen) atoms. The highest BCUT2D eigenvalue weighted by molar-refractivity contribution is 5.96. The predicted octanol–water partition coefficient (Wildman–Crippen LogP) is 4.65. The first-order valence-corrected chi connectivity index (χ1v) is 10.9. The van der Waals surface area contributed by atoms with Gasteiger partial charge in [-0.25, -0.2) is 9.59 Å². The summed E-state index contributed by atoms with van der Waals surface area (Å²) in [6, 6.07) is 22.0. The molecule has 0 saturated carbocycles. The first-order valence-electron chi connectivity index (χ1n) is 10.9. The number of carbonyl (C=O) groups is 3. The SMILES string of the molecule is C[C@@H](NC(=O)OCC1c2ccccc2-c2ccccc21)C(=O)Nc1ccc(/C=C/C(=O)O)cc1. The number of rotatable bonds is 7. The van der Waals surface area contributed by atoms with E-state index in [2.05, 4.69) is 22.8 Å². The number of anilines is 1. The normalized spacial score (nSPS) is 13.1. The van der Waals surface area contributed by atoms with Gasteiger partial charge in [0.05, 0.1) is 0 Å². The number of benzene rings is 3. The number of carbonyl (C=O) groups excluding carboxylic acids is 2. The summed E-state index contributed by atoms with van der Waals surface area (Å²) < 4.78 is 5.49. The third-order valence-electron chi connectivity index (χ3n) is 5.67. The molecule has 1 aliphatic carbocycles. The van der Waals surface area contributed by atoms with Crippen LogP contribution < -0.4 is 10.6 Å². The first kappa shape index (κ1) is 22.8. The van der Waals surface area contributed by atoms with Gasteiger partial charge >= 0.3 is 12.1 Å². The van der Waals surface area contributed by atoms with E-state index in [1.165, 1.54) is 6.08 Å². The van der Waals surface area contributed by atoms with Gasteiger partial charge in [-0.05, 0) is 52.9 Å². The fraction of sp³-hybridized carbons (Fsp3) is 0.148. The van der Waals surface area contributed by atoms with Crippen molar-refractivity contribution in [3.05, 3.63) is 95.6 Å². The van der Waals surface area contributed by atoms with Crippen molar-refractivity contribution in [3.8, 4) is 11.1 Å². The van der Waals surface area contributed by atoms with Crippen LogP contribution in [0, 0.1) is 0 Å². The number of nitrogens with one attached hydrogen (secondary N) is 2. The van der Waals surface area contributed by atoms with E-state index in [1.54, 1.807) is 31.2 Å². The Morgan fingerprint density at radius 2 is 1.53 bits per heavy atom. The van der Waals surface area contributed by atoms with E-state index in [4.69, 9.17) is 9.84 Å². The molecule has 0 aliphatic heterocycles. The van der Waals surface area contributed by atoms with Crippen LogP contribution in [0.15, 0.2) is 78.9 Å². The number of amides is 2. The molecule has 0 radical (unpaired) electrons. The lowest BCUT2D eigenvalue weighted by molar-refractivity contribution is -0.131. The quantitative estimate of drug-likeness (QED) is 0.449. The highest BCUT2D eigenvalue weighted by atomic mass is 16.5. The van der Waals surface area contributed by atoms with Gasteiger partial charge in [-0.15, -0.1) is 0 Å². The van der Waals surface area contributed by atoms with E-state index < -0.39 is 24.0 Å². The minimum Gasteiger partial charge on any atom is -0.478 e. The lowest BCUT2D eigenvalue weighted by atomic mass is 9.98. The number of alkyl carbamates (subject to hydrolysis) is 1. The topological polar surface area (TPSA) is 105 Å². The summed E-state index contributed by atoms with van der Waals surface area (Å²) in [4.78, 5) is 35.4. The van der Waals surface area contributed by atoms with Gasteiger partial charge in [-0.2, -0.15) is 0 Å². The van der Waals surface area contributed by atoms with Crippen molar-refractivity contribution in [1.82, 2.24) is 5.32 Å². The molecule has 0 heterocycles. The van der Waals surface area contributed by atoms with Crippen LogP contribution in [-0.4, -0.2) is 35.7 Å². The smallest absolute Gasteiger partial charge is 0.407 e. The van der Waals surface area contributed by atoms with Gasteiger partial charge < -0.3 is 20.5 Å². The molecule has 7 nitrogen and oxygen atoms in total. The van der Waals surface area contributed by atoms with Crippen LogP contribution in [0.5, 0.6) is 0 Å². The first-order chi connectivity index (χ1) is 16.4. The lowest BCUT2D eigenvalue weighted by Crippen LogP contribution is -2.42. The van der Waals surface area contributed by atoms with Crippen molar-refractivity contribution in [2.24, 2.45) is 0 Å². The van der Waals surface area contributed by atoms with Gasteiger partial charge in [0.1, 0.15) is 12.6 Å². The van der Waals surface area contributed by atoms with E-state index in [1.807, 2.05) is 36.4 Å². The molecular weight excluding hydrogens is 432 g/mol. The summed E-state index contributed by atoms with van der Waals surface area (Å²) in [7, 11) is 0. The Hall–Kier alpha value is -4.39. The number of ether oxygens (including phenoxy) is 1. The van der Waals surface area contributed by atoms with E-state index in [0.717, 1.165) is 28.3 Å².